The third-order valence-electron chi connectivity index (χ3n) is 4.08. The zero-order valence-corrected chi connectivity index (χ0v) is 14.0. The maximum atomic E-state index is 12.2. The fourth-order valence-corrected chi connectivity index (χ4v) is 2.71. The van der Waals surface area contributed by atoms with Gasteiger partial charge in [-0.15, -0.1) is 0 Å². The average molecular weight is 327 g/mol. The van der Waals surface area contributed by atoms with E-state index in [-0.39, 0.29) is 24.6 Å². The molecule has 2 atom stereocenters. The molecule has 0 fully saturated rings. The minimum absolute atomic E-state index is 0.0407. The van der Waals surface area contributed by atoms with Crippen molar-refractivity contribution in [3.8, 4) is 0 Å². The van der Waals surface area contributed by atoms with Crippen LogP contribution in [0.2, 0.25) is 0 Å². The molecule has 5 heteroatoms. The Morgan fingerprint density at radius 1 is 1.12 bits per heavy atom. The SMILES string of the molecule is CCC(NC(=O)NCC(CCO)c1ccccc1)c1ccncc1. The van der Waals surface area contributed by atoms with Crippen LogP contribution in [0, 0.1) is 0 Å². The van der Waals surface area contributed by atoms with Gasteiger partial charge in [-0.25, -0.2) is 4.79 Å². The second kappa shape index (κ2) is 9.67. The molecular weight excluding hydrogens is 302 g/mol. The van der Waals surface area contributed by atoms with Crippen LogP contribution in [0.3, 0.4) is 0 Å². The quantitative estimate of drug-likeness (QED) is 0.698. The van der Waals surface area contributed by atoms with Crippen molar-refractivity contribution in [3.63, 3.8) is 0 Å². The van der Waals surface area contributed by atoms with Crippen molar-refractivity contribution < 1.29 is 9.90 Å². The Kier molecular flexibility index (Phi) is 7.23. The van der Waals surface area contributed by atoms with Crippen LogP contribution in [0.15, 0.2) is 54.9 Å². The van der Waals surface area contributed by atoms with Gasteiger partial charge in [0.25, 0.3) is 0 Å². The number of carbonyl (C=O) groups is 1. The fraction of sp³-hybridized carbons (Fsp3) is 0.368. The summed E-state index contributed by atoms with van der Waals surface area (Å²) in [4.78, 5) is 16.2. The highest BCUT2D eigenvalue weighted by Gasteiger charge is 2.15. The fourth-order valence-electron chi connectivity index (χ4n) is 2.71. The molecule has 128 valence electrons. The van der Waals surface area contributed by atoms with Crippen molar-refractivity contribution >= 4 is 6.03 Å². The standard InChI is InChI=1S/C19H25N3O2/c1-2-18(16-8-11-20-12-9-16)22-19(24)21-14-17(10-13-23)15-6-4-3-5-7-15/h3-9,11-12,17-18,23H,2,10,13-14H2,1H3,(H2,21,22,24). The molecule has 2 unspecified atom stereocenters. The number of carbonyl (C=O) groups excluding carboxylic acids is 1. The van der Waals surface area contributed by atoms with Gasteiger partial charge in [0.05, 0.1) is 6.04 Å². The van der Waals surface area contributed by atoms with Crippen LogP contribution in [0.25, 0.3) is 0 Å². The van der Waals surface area contributed by atoms with Gasteiger partial charge in [-0.3, -0.25) is 4.98 Å². The highest BCUT2D eigenvalue weighted by atomic mass is 16.3. The molecule has 2 aromatic rings. The number of nitrogens with zero attached hydrogens (tertiary/aromatic N) is 1. The Hall–Kier alpha value is -2.40. The van der Waals surface area contributed by atoms with Crippen LogP contribution in [-0.2, 0) is 0 Å². The molecule has 0 spiro atoms. The van der Waals surface area contributed by atoms with Gasteiger partial charge in [0.2, 0.25) is 0 Å². The van der Waals surface area contributed by atoms with Gasteiger partial charge < -0.3 is 15.7 Å². The number of hydrogen-bond donors (Lipinski definition) is 3. The molecule has 0 saturated heterocycles. The van der Waals surface area contributed by atoms with Crippen molar-refractivity contribution in [2.45, 2.75) is 31.7 Å². The van der Waals surface area contributed by atoms with E-state index in [2.05, 4.69) is 15.6 Å². The van der Waals surface area contributed by atoms with Gasteiger partial charge in [-0.1, -0.05) is 37.3 Å². The van der Waals surface area contributed by atoms with Crippen LogP contribution in [0.5, 0.6) is 0 Å². The maximum absolute atomic E-state index is 12.2. The summed E-state index contributed by atoms with van der Waals surface area (Å²) >= 11 is 0. The van der Waals surface area contributed by atoms with E-state index in [1.54, 1.807) is 12.4 Å². The Labute approximate surface area is 143 Å². The molecule has 24 heavy (non-hydrogen) atoms. The van der Waals surface area contributed by atoms with Crippen LogP contribution in [-0.4, -0.2) is 29.3 Å². The summed E-state index contributed by atoms with van der Waals surface area (Å²) in [5.41, 5.74) is 2.16. The first kappa shape index (κ1) is 17.9. The lowest BCUT2D eigenvalue weighted by Gasteiger charge is -2.20. The number of aliphatic hydroxyl groups is 1. The molecule has 0 aliphatic heterocycles. The summed E-state index contributed by atoms with van der Waals surface area (Å²) in [6.45, 7) is 2.62. The third kappa shape index (κ3) is 5.35. The van der Waals surface area contributed by atoms with Gasteiger partial charge in [0.1, 0.15) is 0 Å². The maximum Gasteiger partial charge on any atom is 0.315 e. The molecule has 0 aliphatic rings. The van der Waals surface area contributed by atoms with Crippen LogP contribution in [0.4, 0.5) is 4.79 Å². The Bertz CT molecular complexity index is 605. The summed E-state index contributed by atoms with van der Waals surface area (Å²) in [6, 6.07) is 13.5. The molecule has 2 amide bonds. The molecule has 0 saturated carbocycles. The number of nitrogens with one attached hydrogen (secondary N) is 2. The molecule has 1 heterocycles. The van der Waals surface area contributed by atoms with E-state index < -0.39 is 0 Å². The van der Waals surface area contributed by atoms with Crippen molar-refractivity contribution in [3.05, 3.63) is 66.0 Å². The number of rotatable bonds is 8. The van der Waals surface area contributed by atoms with E-state index in [0.717, 1.165) is 17.5 Å². The first-order valence-corrected chi connectivity index (χ1v) is 8.34. The second-order valence-electron chi connectivity index (χ2n) is 5.72. The molecule has 5 nitrogen and oxygen atoms in total. The van der Waals surface area contributed by atoms with E-state index in [1.807, 2.05) is 49.4 Å². The lowest BCUT2D eigenvalue weighted by Crippen LogP contribution is -2.39. The van der Waals surface area contributed by atoms with E-state index in [9.17, 15) is 9.90 Å². The normalized spacial score (nSPS) is 13.1. The van der Waals surface area contributed by atoms with Gasteiger partial charge in [0.15, 0.2) is 0 Å². The Balaban J connectivity index is 1.91. The predicted molar refractivity (Wildman–Crippen MR) is 94.7 cm³/mol. The molecule has 2 rings (SSSR count). The first-order chi connectivity index (χ1) is 11.7. The number of pyridine rings is 1. The summed E-state index contributed by atoms with van der Waals surface area (Å²) in [5.74, 6) is 0.1000. The average Bonchev–Trinajstić information content (AvgIpc) is 2.64. The zero-order valence-electron chi connectivity index (χ0n) is 14.0. The van der Waals surface area contributed by atoms with Crippen LogP contribution in [0.1, 0.15) is 42.9 Å². The monoisotopic (exact) mass is 327 g/mol. The lowest BCUT2D eigenvalue weighted by atomic mass is 9.96. The number of amides is 2. The number of benzene rings is 1. The molecule has 0 bridgehead atoms. The molecule has 0 radical (unpaired) electrons. The summed E-state index contributed by atoms with van der Waals surface area (Å²) in [7, 11) is 0. The molecule has 3 N–H and O–H groups in total. The van der Waals surface area contributed by atoms with Crippen LogP contribution >= 0.6 is 0 Å². The summed E-state index contributed by atoms with van der Waals surface area (Å²) in [5, 5.41) is 15.2. The highest BCUT2D eigenvalue weighted by molar-refractivity contribution is 5.74. The van der Waals surface area contributed by atoms with Gasteiger partial charge in [0, 0.05) is 31.5 Å². The minimum atomic E-state index is -0.197. The molecule has 1 aromatic carbocycles. The first-order valence-electron chi connectivity index (χ1n) is 8.34. The largest absolute Gasteiger partial charge is 0.396 e. The van der Waals surface area contributed by atoms with Crippen molar-refractivity contribution in [2.24, 2.45) is 0 Å². The summed E-state index contributed by atoms with van der Waals surface area (Å²) in [6.07, 6.45) is 4.87. The minimum Gasteiger partial charge on any atom is -0.396 e. The van der Waals surface area contributed by atoms with E-state index in [4.69, 9.17) is 0 Å². The molecular formula is C19H25N3O2. The number of aliphatic hydroxyl groups excluding tert-OH is 1. The van der Waals surface area contributed by atoms with Gasteiger partial charge in [-0.2, -0.15) is 0 Å². The topological polar surface area (TPSA) is 74.2 Å². The number of urea groups is 1. The van der Waals surface area contributed by atoms with Gasteiger partial charge >= 0.3 is 6.03 Å². The highest BCUT2D eigenvalue weighted by Crippen LogP contribution is 2.18. The van der Waals surface area contributed by atoms with Crippen LogP contribution < -0.4 is 10.6 Å². The lowest BCUT2D eigenvalue weighted by molar-refractivity contribution is 0.233. The zero-order chi connectivity index (χ0) is 17.2. The predicted octanol–water partition coefficient (Wildman–Crippen LogP) is 3.00. The molecule has 1 aromatic heterocycles. The second-order valence-corrected chi connectivity index (χ2v) is 5.72. The molecule has 0 aliphatic carbocycles. The van der Waals surface area contributed by atoms with E-state index >= 15 is 0 Å². The van der Waals surface area contributed by atoms with E-state index in [0.29, 0.717) is 13.0 Å². The van der Waals surface area contributed by atoms with Crippen molar-refractivity contribution in [2.75, 3.05) is 13.2 Å². The third-order valence-corrected chi connectivity index (χ3v) is 4.08. The van der Waals surface area contributed by atoms with E-state index in [1.165, 1.54) is 0 Å². The smallest absolute Gasteiger partial charge is 0.315 e. The number of aromatic nitrogens is 1. The Morgan fingerprint density at radius 2 is 1.83 bits per heavy atom. The number of hydrogen-bond acceptors (Lipinski definition) is 3. The van der Waals surface area contributed by atoms with Gasteiger partial charge in [-0.05, 0) is 36.1 Å². The Morgan fingerprint density at radius 3 is 2.46 bits per heavy atom. The van der Waals surface area contributed by atoms with Crippen molar-refractivity contribution in [1.82, 2.24) is 15.6 Å². The van der Waals surface area contributed by atoms with Crippen molar-refractivity contribution in [1.29, 1.82) is 0 Å². The summed E-state index contributed by atoms with van der Waals surface area (Å²) < 4.78 is 0.